The molecule has 5 heteroatoms. The maximum absolute atomic E-state index is 13.2. The summed E-state index contributed by atoms with van der Waals surface area (Å²) in [5, 5.41) is 7.51. The first-order valence-electron chi connectivity index (χ1n) is 7.91. The van der Waals surface area contributed by atoms with E-state index in [9.17, 15) is 4.39 Å². The van der Waals surface area contributed by atoms with Crippen molar-refractivity contribution in [2.24, 2.45) is 4.99 Å². The van der Waals surface area contributed by atoms with Crippen molar-refractivity contribution in [2.45, 2.75) is 13.0 Å². The molecule has 0 aliphatic rings. The van der Waals surface area contributed by atoms with Crippen LogP contribution in [0.15, 0.2) is 64.0 Å². The van der Waals surface area contributed by atoms with E-state index in [0.717, 1.165) is 28.7 Å². The fraction of sp³-hybridized carbons (Fsp3) is 0.211. The molecule has 2 N–H and O–H groups in total. The number of nitrogens with zero attached hydrogens (tertiary/aromatic N) is 1. The van der Waals surface area contributed by atoms with E-state index in [1.165, 1.54) is 12.1 Å². The number of halogens is 1. The van der Waals surface area contributed by atoms with E-state index >= 15 is 0 Å². The first-order valence-corrected chi connectivity index (χ1v) is 7.91. The van der Waals surface area contributed by atoms with Gasteiger partial charge >= 0.3 is 0 Å². The van der Waals surface area contributed by atoms with Gasteiger partial charge in [0.05, 0.1) is 0 Å². The van der Waals surface area contributed by atoms with Crippen LogP contribution < -0.4 is 10.6 Å². The molecule has 0 aliphatic heterocycles. The molecule has 0 unspecified atom stereocenters. The lowest BCUT2D eigenvalue weighted by Gasteiger charge is -2.11. The highest BCUT2D eigenvalue weighted by atomic mass is 19.1. The molecule has 0 saturated heterocycles. The van der Waals surface area contributed by atoms with Crippen molar-refractivity contribution in [2.75, 3.05) is 13.6 Å². The van der Waals surface area contributed by atoms with Crippen LogP contribution in [-0.4, -0.2) is 19.6 Å². The summed E-state index contributed by atoms with van der Waals surface area (Å²) in [5.41, 5.74) is 1.77. The van der Waals surface area contributed by atoms with Gasteiger partial charge in [0.1, 0.15) is 17.2 Å². The predicted molar refractivity (Wildman–Crippen MR) is 94.5 cm³/mol. The summed E-state index contributed by atoms with van der Waals surface area (Å²) < 4.78 is 19.0. The minimum Gasteiger partial charge on any atom is -0.461 e. The van der Waals surface area contributed by atoms with Gasteiger partial charge in [0.2, 0.25) is 0 Å². The highest BCUT2D eigenvalue weighted by Crippen LogP contribution is 2.18. The van der Waals surface area contributed by atoms with Crippen LogP contribution in [-0.2, 0) is 13.0 Å². The van der Waals surface area contributed by atoms with E-state index in [4.69, 9.17) is 4.42 Å². The Balaban J connectivity index is 1.49. The zero-order chi connectivity index (χ0) is 16.8. The van der Waals surface area contributed by atoms with Crippen LogP contribution in [0.5, 0.6) is 0 Å². The summed E-state index contributed by atoms with van der Waals surface area (Å²) in [6.45, 7) is 1.21. The van der Waals surface area contributed by atoms with Crippen molar-refractivity contribution in [3.63, 3.8) is 0 Å². The molecular weight excluding hydrogens is 305 g/mol. The molecule has 1 aromatic heterocycles. The van der Waals surface area contributed by atoms with E-state index < -0.39 is 0 Å². The molecule has 2 aromatic carbocycles. The van der Waals surface area contributed by atoms with Gasteiger partial charge in [-0.2, -0.15) is 0 Å². The van der Waals surface area contributed by atoms with Crippen LogP contribution >= 0.6 is 0 Å². The molecule has 0 radical (unpaired) electrons. The smallest absolute Gasteiger partial charge is 0.191 e. The second-order valence-corrected chi connectivity index (χ2v) is 5.48. The topological polar surface area (TPSA) is 49.6 Å². The minimum absolute atomic E-state index is 0.234. The molecule has 1 heterocycles. The van der Waals surface area contributed by atoms with Crippen LogP contribution in [0.3, 0.4) is 0 Å². The second-order valence-electron chi connectivity index (χ2n) is 5.48. The summed E-state index contributed by atoms with van der Waals surface area (Å²) in [6.07, 6.45) is 0.759. The van der Waals surface area contributed by atoms with E-state index in [-0.39, 0.29) is 5.82 Å². The maximum atomic E-state index is 13.2. The minimum atomic E-state index is -0.234. The fourth-order valence-electron chi connectivity index (χ4n) is 2.52. The lowest BCUT2D eigenvalue weighted by atomic mass is 10.2. The summed E-state index contributed by atoms with van der Waals surface area (Å²) in [5.74, 6) is 1.38. The van der Waals surface area contributed by atoms with E-state index in [2.05, 4.69) is 21.7 Å². The highest BCUT2D eigenvalue weighted by Gasteiger charge is 2.04. The molecule has 3 aromatic rings. The van der Waals surface area contributed by atoms with Crippen LogP contribution in [0.2, 0.25) is 0 Å². The zero-order valence-electron chi connectivity index (χ0n) is 13.6. The molecule has 0 saturated carbocycles. The van der Waals surface area contributed by atoms with E-state index in [1.54, 1.807) is 13.1 Å². The normalized spacial score (nSPS) is 11.7. The Bertz CT molecular complexity index is 808. The molecule has 0 bridgehead atoms. The molecule has 4 nitrogen and oxygen atoms in total. The number of guanidine groups is 1. The Kier molecular flexibility index (Phi) is 5.11. The standard InChI is InChI=1S/C19H20FN3O/c1-21-19(23-13-14-5-4-7-16(20)11-14)22-10-9-17-12-15-6-2-3-8-18(15)24-17/h2-8,11-12H,9-10,13H2,1H3,(H2,21,22,23). The van der Waals surface area contributed by atoms with Crippen molar-refractivity contribution < 1.29 is 8.81 Å². The predicted octanol–water partition coefficient (Wildman–Crippen LogP) is 3.48. The summed E-state index contributed by atoms with van der Waals surface area (Å²) >= 11 is 0. The third-order valence-electron chi connectivity index (χ3n) is 3.71. The van der Waals surface area contributed by atoms with Gasteiger partial charge < -0.3 is 15.1 Å². The van der Waals surface area contributed by atoms with Gasteiger partial charge in [0.25, 0.3) is 0 Å². The van der Waals surface area contributed by atoms with Crippen molar-refractivity contribution >= 4 is 16.9 Å². The van der Waals surface area contributed by atoms with Gasteiger partial charge in [-0.3, -0.25) is 4.99 Å². The number of fused-ring (bicyclic) bond motifs is 1. The quantitative estimate of drug-likeness (QED) is 0.558. The maximum Gasteiger partial charge on any atom is 0.191 e. The number of nitrogens with one attached hydrogen (secondary N) is 2. The third kappa shape index (κ3) is 4.13. The van der Waals surface area contributed by atoms with Crippen LogP contribution in [0.1, 0.15) is 11.3 Å². The first-order chi connectivity index (χ1) is 11.7. The average molecular weight is 325 g/mol. The SMILES string of the molecule is CN=C(NCCc1cc2ccccc2o1)NCc1cccc(F)c1. The van der Waals surface area contributed by atoms with E-state index in [0.29, 0.717) is 19.0 Å². The highest BCUT2D eigenvalue weighted by molar-refractivity contribution is 5.80. The summed E-state index contributed by atoms with van der Waals surface area (Å²) in [7, 11) is 1.71. The van der Waals surface area contributed by atoms with Crippen molar-refractivity contribution in [3.05, 3.63) is 71.7 Å². The Labute approximate surface area is 140 Å². The van der Waals surface area contributed by atoms with Gasteiger partial charge in [-0.15, -0.1) is 0 Å². The molecule has 0 spiro atoms. The Morgan fingerprint density at radius 3 is 2.75 bits per heavy atom. The second kappa shape index (κ2) is 7.64. The van der Waals surface area contributed by atoms with Gasteiger partial charge in [-0.05, 0) is 29.8 Å². The molecule has 124 valence electrons. The molecule has 0 atom stereocenters. The number of hydrogen-bond donors (Lipinski definition) is 2. The van der Waals surface area contributed by atoms with Gasteiger partial charge in [-0.25, -0.2) is 4.39 Å². The molecular formula is C19H20FN3O. The van der Waals surface area contributed by atoms with Gasteiger partial charge in [0.15, 0.2) is 5.96 Å². The van der Waals surface area contributed by atoms with Crippen molar-refractivity contribution in [3.8, 4) is 0 Å². The monoisotopic (exact) mass is 325 g/mol. The number of benzene rings is 2. The Morgan fingerprint density at radius 2 is 1.96 bits per heavy atom. The van der Waals surface area contributed by atoms with Crippen LogP contribution in [0.4, 0.5) is 4.39 Å². The summed E-state index contributed by atoms with van der Waals surface area (Å²) in [4.78, 5) is 4.17. The first kappa shape index (κ1) is 16.1. The lowest BCUT2D eigenvalue weighted by Crippen LogP contribution is -2.37. The van der Waals surface area contributed by atoms with Crippen LogP contribution in [0, 0.1) is 5.82 Å². The van der Waals surface area contributed by atoms with Crippen LogP contribution in [0.25, 0.3) is 11.0 Å². The third-order valence-corrected chi connectivity index (χ3v) is 3.71. The van der Waals surface area contributed by atoms with Gasteiger partial charge in [-0.1, -0.05) is 30.3 Å². The van der Waals surface area contributed by atoms with E-state index in [1.807, 2.05) is 30.3 Å². The fourth-order valence-corrected chi connectivity index (χ4v) is 2.52. The molecule has 3 rings (SSSR count). The largest absolute Gasteiger partial charge is 0.461 e. The Hall–Kier alpha value is -2.82. The Morgan fingerprint density at radius 1 is 1.08 bits per heavy atom. The molecule has 0 aliphatic carbocycles. The lowest BCUT2D eigenvalue weighted by molar-refractivity contribution is 0.544. The number of furan rings is 1. The number of hydrogen-bond acceptors (Lipinski definition) is 2. The van der Waals surface area contributed by atoms with Crippen molar-refractivity contribution in [1.82, 2.24) is 10.6 Å². The molecule has 0 fully saturated rings. The summed E-state index contributed by atoms with van der Waals surface area (Å²) in [6, 6.07) is 16.5. The average Bonchev–Trinajstić information content (AvgIpc) is 3.00. The number of para-hydroxylation sites is 1. The zero-order valence-corrected chi connectivity index (χ0v) is 13.6. The van der Waals surface area contributed by atoms with Crippen molar-refractivity contribution in [1.29, 1.82) is 0 Å². The molecule has 0 amide bonds. The molecule has 24 heavy (non-hydrogen) atoms. The number of rotatable bonds is 5. The van der Waals surface area contributed by atoms with Gasteiger partial charge in [0, 0.05) is 31.9 Å². The number of aliphatic imine (C=N–C) groups is 1.